The Hall–Kier alpha value is -2.82. The summed E-state index contributed by atoms with van der Waals surface area (Å²) in [6.07, 6.45) is 1.56. The summed E-state index contributed by atoms with van der Waals surface area (Å²) in [6, 6.07) is 1.18. The maximum atomic E-state index is 14.1. The summed E-state index contributed by atoms with van der Waals surface area (Å²) in [5.41, 5.74) is -0.0227. The van der Waals surface area contributed by atoms with Gasteiger partial charge < -0.3 is 15.0 Å². The molecule has 156 valence electrons. The Morgan fingerprint density at radius 3 is 2.86 bits per heavy atom. The highest BCUT2D eigenvalue weighted by Crippen LogP contribution is 2.36. The average Bonchev–Trinajstić information content (AvgIpc) is 3.16. The second-order valence-electron chi connectivity index (χ2n) is 6.90. The summed E-state index contributed by atoms with van der Waals surface area (Å²) in [5, 5.41) is 16.5. The van der Waals surface area contributed by atoms with Crippen molar-refractivity contribution in [3.05, 3.63) is 30.5 Å². The van der Waals surface area contributed by atoms with E-state index in [0.29, 0.717) is 11.4 Å². The van der Waals surface area contributed by atoms with Gasteiger partial charge in [0.25, 0.3) is 12.3 Å². The minimum Gasteiger partial charge on any atom is -0.396 e. The number of rotatable bonds is 6. The van der Waals surface area contributed by atoms with Crippen molar-refractivity contribution in [3.63, 3.8) is 0 Å². The topological polar surface area (TPSA) is 102 Å². The molecule has 0 bridgehead atoms. The number of nitrogens with zero attached hydrogens (tertiary/aromatic N) is 4. The fraction of sp³-hybridized carbons (Fsp3) is 0.444. The number of halogens is 4. The van der Waals surface area contributed by atoms with E-state index in [2.05, 4.69) is 19.9 Å². The van der Waals surface area contributed by atoms with Crippen LogP contribution in [0.15, 0.2) is 24.7 Å². The summed E-state index contributed by atoms with van der Waals surface area (Å²) in [6.45, 7) is 0.887. The van der Waals surface area contributed by atoms with Gasteiger partial charge in [0.15, 0.2) is 0 Å². The van der Waals surface area contributed by atoms with E-state index >= 15 is 0 Å². The van der Waals surface area contributed by atoms with Crippen LogP contribution in [0.1, 0.15) is 19.2 Å². The molecule has 2 aromatic heterocycles. The zero-order valence-electron chi connectivity index (χ0n) is 15.5. The third-order valence-electron chi connectivity index (χ3n) is 4.85. The van der Waals surface area contributed by atoms with Crippen LogP contribution in [0, 0.1) is 11.3 Å². The normalized spacial score (nSPS) is 21.8. The molecular formula is C18H20F4N6O. The first kappa shape index (κ1) is 20.9. The SMILES string of the molecule is CC1C(CO)CC(F)(F)CN1c1cc(-c2cnc(/C=C\C(=N)C(F)F)[nH]2)ncn1. The van der Waals surface area contributed by atoms with Crippen LogP contribution in [0.2, 0.25) is 0 Å². The number of aliphatic hydroxyl groups excluding tert-OH is 1. The largest absolute Gasteiger partial charge is 0.396 e. The molecule has 29 heavy (non-hydrogen) atoms. The van der Waals surface area contributed by atoms with Crippen LogP contribution in [-0.4, -0.2) is 62.3 Å². The summed E-state index contributed by atoms with van der Waals surface area (Å²) in [5.74, 6) is -3.02. The Labute approximate surface area is 164 Å². The molecule has 1 saturated heterocycles. The highest BCUT2D eigenvalue weighted by molar-refractivity contribution is 5.97. The fourth-order valence-corrected chi connectivity index (χ4v) is 3.22. The van der Waals surface area contributed by atoms with E-state index in [0.717, 1.165) is 6.08 Å². The van der Waals surface area contributed by atoms with Gasteiger partial charge >= 0.3 is 0 Å². The number of H-pyrrole nitrogens is 1. The molecule has 0 saturated carbocycles. The molecule has 2 aromatic rings. The zero-order valence-corrected chi connectivity index (χ0v) is 15.5. The van der Waals surface area contributed by atoms with Gasteiger partial charge in [-0.1, -0.05) is 0 Å². The van der Waals surface area contributed by atoms with E-state index < -0.39 is 30.5 Å². The van der Waals surface area contributed by atoms with Gasteiger partial charge in [-0.3, -0.25) is 5.41 Å². The molecule has 1 aliphatic heterocycles. The van der Waals surface area contributed by atoms with Crippen molar-refractivity contribution in [2.24, 2.45) is 5.92 Å². The second-order valence-corrected chi connectivity index (χ2v) is 6.90. The number of nitrogens with one attached hydrogen (secondary N) is 2. The molecule has 2 atom stereocenters. The van der Waals surface area contributed by atoms with Crippen LogP contribution in [0.25, 0.3) is 17.5 Å². The zero-order chi connectivity index (χ0) is 21.2. The third kappa shape index (κ3) is 4.78. The number of alkyl halides is 4. The van der Waals surface area contributed by atoms with Gasteiger partial charge in [0.05, 0.1) is 29.8 Å². The molecule has 0 amide bonds. The van der Waals surface area contributed by atoms with E-state index in [1.165, 1.54) is 29.6 Å². The molecule has 1 fully saturated rings. The molecule has 1 aliphatic rings. The summed E-state index contributed by atoms with van der Waals surface area (Å²) in [7, 11) is 0. The predicted molar refractivity (Wildman–Crippen MR) is 99.3 cm³/mol. The standard InChI is InChI=1S/C18H20F4N6O/c1-10-11(7-29)5-18(21,22)8-28(10)16-4-13(25-9-26-16)14-6-24-15(27-14)3-2-12(23)17(19)20/h2-4,6,9-11,17,23,29H,5,7-8H2,1H3,(H,24,27)/b3-2-,23-12?. The summed E-state index contributed by atoms with van der Waals surface area (Å²) in [4.78, 5) is 16.5. The Morgan fingerprint density at radius 1 is 1.41 bits per heavy atom. The molecule has 3 rings (SSSR count). The van der Waals surface area contributed by atoms with Crippen LogP contribution in [0.5, 0.6) is 0 Å². The lowest BCUT2D eigenvalue weighted by Crippen LogP contribution is -2.53. The molecule has 0 aliphatic carbocycles. The van der Waals surface area contributed by atoms with Crippen molar-refractivity contribution >= 4 is 17.6 Å². The van der Waals surface area contributed by atoms with Crippen molar-refractivity contribution < 1.29 is 22.7 Å². The number of imidazole rings is 1. The minimum absolute atomic E-state index is 0.240. The van der Waals surface area contributed by atoms with Gasteiger partial charge in [-0.05, 0) is 19.1 Å². The molecule has 3 heterocycles. The number of allylic oxidation sites excluding steroid dienone is 1. The first-order valence-electron chi connectivity index (χ1n) is 8.87. The third-order valence-corrected chi connectivity index (χ3v) is 4.85. The lowest BCUT2D eigenvalue weighted by atomic mass is 9.88. The Bertz CT molecular complexity index is 900. The van der Waals surface area contributed by atoms with Crippen LogP contribution >= 0.6 is 0 Å². The van der Waals surface area contributed by atoms with Crippen molar-refractivity contribution in [1.29, 1.82) is 5.41 Å². The van der Waals surface area contributed by atoms with E-state index in [1.54, 1.807) is 6.92 Å². The van der Waals surface area contributed by atoms with Gasteiger partial charge in [0.2, 0.25) is 0 Å². The Balaban J connectivity index is 1.84. The van der Waals surface area contributed by atoms with Crippen LogP contribution < -0.4 is 4.90 Å². The second kappa shape index (κ2) is 8.27. The van der Waals surface area contributed by atoms with E-state index in [1.807, 2.05) is 0 Å². The molecule has 0 aromatic carbocycles. The molecule has 2 unspecified atom stereocenters. The first-order valence-corrected chi connectivity index (χ1v) is 8.87. The molecule has 7 nitrogen and oxygen atoms in total. The fourth-order valence-electron chi connectivity index (χ4n) is 3.22. The minimum atomic E-state index is -2.95. The Kier molecular flexibility index (Phi) is 5.96. The van der Waals surface area contributed by atoms with Gasteiger partial charge in [-0.25, -0.2) is 32.5 Å². The van der Waals surface area contributed by atoms with Crippen molar-refractivity contribution in [2.45, 2.75) is 31.7 Å². The first-order chi connectivity index (χ1) is 13.7. The van der Waals surface area contributed by atoms with Gasteiger partial charge in [-0.15, -0.1) is 0 Å². The van der Waals surface area contributed by atoms with Crippen LogP contribution in [0.3, 0.4) is 0 Å². The number of aromatic nitrogens is 4. The number of aliphatic hydroxyl groups is 1. The Morgan fingerprint density at radius 2 is 2.17 bits per heavy atom. The van der Waals surface area contributed by atoms with Crippen molar-refractivity contribution in [2.75, 3.05) is 18.1 Å². The van der Waals surface area contributed by atoms with Crippen LogP contribution in [0.4, 0.5) is 23.4 Å². The summed E-state index contributed by atoms with van der Waals surface area (Å²) >= 11 is 0. The molecule has 0 spiro atoms. The van der Waals surface area contributed by atoms with E-state index in [4.69, 9.17) is 5.41 Å². The van der Waals surface area contributed by atoms with Gasteiger partial charge in [0, 0.05) is 31.1 Å². The highest BCUT2D eigenvalue weighted by atomic mass is 19.3. The number of hydrogen-bond acceptors (Lipinski definition) is 6. The number of hydrogen-bond donors (Lipinski definition) is 3. The van der Waals surface area contributed by atoms with E-state index in [-0.39, 0.29) is 30.7 Å². The van der Waals surface area contributed by atoms with Gasteiger partial charge in [-0.2, -0.15) is 0 Å². The lowest BCUT2D eigenvalue weighted by molar-refractivity contribution is -0.0474. The molecule has 0 radical (unpaired) electrons. The quantitative estimate of drug-likeness (QED) is 0.500. The van der Waals surface area contributed by atoms with Crippen molar-refractivity contribution in [1.82, 2.24) is 19.9 Å². The smallest absolute Gasteiger partial charge is 0.279 e. The number of aromatic amines is 1. The monoisotopic (exact) mass is 412 g/mol. The summed E-state index contributed by atoms with van der Waals surface area (Å²) < 4.78 is 52.9. The molecular weight excluding hydrogens is 392 g/mol. The van der Waals surface area contributed by atoms with Crippen LogP contribution in [-0.2, 0) is 0 Å². The highest BCUT2D eigenvalue weighted by Gasteiger charge is 2.44. The average molecular weight is 412 g/mol. The number of anilines is 1. The maximum absolute atomic E-state index is 14.1. The number of piperidine rings is 1. The van der Waals surface area contributed by atoms with Crippen molar-refractivity contribution in [3.8, 4) is 11.4 Å². The predicted octanol–water partition coefficient (Wildman–Crippen LogP) is 3.01. The lowest BCUT2D eigenvalue weighted by Gasteiger charge is -2.43. The van der Waals surface area contributed by atoms with Gasteiger partial charge in [0.1, 0.15) is 18.0 Å². The molecule has 3 N–H and O–H groups in total. The maximum Gasteiger partial charge on any atom is 0.279 e. The van der Waals surface area contributed by atoms with E-state index in [9.17, 15) is 22.7 Å². The molecule has 11 heteroatoms.